The largest absolute Gasteiger partial charge is 0.0928 e. The topological polar surface area (TPSA) is 0 Å². The molecule has 1 unspecified atom stereocenters. The minimum atomic E-state index is 0.717. The maximum Gasteiger partial charge on any atom is 0.00313 e. The highest BCUT2D eigenvalue weighted by Gasteiger charge is 2.04. The maximum atomic E-state index is 3.49. The first-order chi connectivity index (χ1) is 9.24. The Morgan fingerprint density at radius 3 is 1.95 bits per heavy atom. The monoisotopic (exact) mass is 324 g/mol. The Morgan fingerprint density at radius 2 is 1.37 bits per heavy atom. The molecule has 0 saturated heterocycles. The zero-order valence-electron chi connectivity index (χ0n) is 12.6. The molecule has 0 spiro atoms. The highest BCUT2D eigenvalue weighted by molar-refractivity contribution is 9.09. The van der Waals surface area contributed by atoms with Gasteiger partial charge in [-0.15, -0.1) is 0 Å². The molecule has 19 heavy (non-hydrogen) atoms. The van der Waals surface area contributed by atoms with E-state index in [9.17, 15) is 0 Å². The lowest BCUT2D eigenvalue weighted by atomic mass is 9.94. The highest BCUT2D eigenvalue weighted by Crippen LogP contribution is 2.22. The molecule has 0 saturated carbocycles. The van der Waals surface area contributed by atoms with Gasteiger partial charge in [-0.1, -0.05) is 91.2 Å². The minimum Gasteiger partial charge on any atom is -0.0928 e. The summed E-state index contributed by atoms with van der Waals surface area (Å²) in [5.41, 5.74) is 2.86. The lowest BCUT2D eigenvalue weighted by Gasteiger charge is -2.12. The van der Waals surface area contributed by atoms with Crippen molar-refractivity contribution in [2.45, 2.75) is 71.1 Å². The second kappa shape index (κ2) is 10.5. The number of alkyl halides is 1. The van der Waals surface area contributed by atoms with Crippen molar-refractivity contribution < 1.29 is 0 Å². The number of hydrogen-bond acceptors (Lipinski definition) is 0. The van der Waals surface area contributed by atoms with Crippen LogP contribution in [0.15, 0.2) is 24.3 Å². The van der Waals surface area contributed by atoms with Gasteiger partial charge in [-0.2, -0.15) is 0 Å². The number of benzene rings is 1. The first-order valence-corrected chi connectivity index (χ1v) is 8.98. The summed E-state index contributed by atoms with van der Waals surface area (Å²) < 4.78 is 0. The third kappa shape index (κ3) is 7.77. The maximum absolute atomic E-state index is 3.49. The second-order valence-corrected chi connectivity index (χ2v) is 6.56. The molecule has 0 aliphatic heterocycles. The molecule has 1 aromatic carbocycles. The van der Waals surface area contributed by atoms with Gasteiger partial charge < -0.3 is 0 Å². The van der Waals surface area contributed by atoms with Crippen molar-refractivity contribution in [2.24, 2.45) is 0 Å². The average molecular weight is 325 g/mol. The molecule has 1 heteroatoms. The summed E-state index contributed by atoms with van der Waals surface area (Å²) in [6.45, 7) is 4.52. The molecule has 0 N–H and O–H groups in total. The summed E-state index contributed by atoms with van der Waals surface area (Å²) in [5.74, 6) is 0.717. The van der Waals surface area contributed by atoms with Gasteiger partial charge in [-0.05, 0) is 31.2 Å². The van der Waals surface area contributed by atoms with E-state index < -0.39 is 0 Å². The molecular formula is C18H29Br. The van der Waals surface area contributed by atoms with Crippen molar-refractivity contribution >= 4 is 15.9 Å². The van der Waals surface area contributed by atoms with E-state index in [1.54, 1.807) is 0 Å². The van der Waals surface area contributed by atoms with Gasteiger partial charge in [0.15, 0.2) is 0 Å². The van der Waals surface area contributed by atoms with Crippen LogP contribution in [-0.4, -0.2) is 5.33 Å². The zero-order chi connectivity index (χ0) is 13.9. The number of rotatable bonds is 10. The SMILES string of the molecule is Cc1ccc(C(C)CCCCCCCCCBr)cc1. The first-order valence-electron chi connectivity index (χ1n) is 7.86. The predicted molar refractivity (Wildman–Crippen MR) is 90.3 cm³/mol. The Morgan fingerprint density at radius 1 is 0.842 bits per heavy atom. The fraction of sp³-hybridized carbons (Fsp3) is 0.667. The Hall–Kier alpha value is -0.300. The quantitative estimate of drug-likeness (QED) is 0.335. The third-order valence-corrected chi connectivity index (χ3v) is 4.48. The average Bonchev–Trinajstić information content (AvgIpc) is 2.42. The summed E-state index contributed by atoms with van der Waals surface area (Å²) >= 11 is 3.49. The van der Waals surface area contributed by atoms with E-state index in [1.165, 1.54) is 67.8 Å². The van der Waals surface area contributed by atoms with Crippen molar-refractivity contribution in [2.75, 3.05) is 5.33 Å². The Bertz CT molecular complexity index is 315. The van der Waals surface area contributed by atoms with Crippen LogP contribution in [-0.2, 0) is 0 Å². The standard InChI is InChI=1S/C18H29Br/c1-16-11-13-18(14-12-16)17(2)10-8-6-4-3-5-7-9-15-19/h11-14,17H,3-10,15H2,1-2H3. The van der Waals surface area contributed by atoms with E-state index in [1.807, 2.05) is 0 Å². The van der Waals surface area contributed by atoms with Crippen LogP contribution < -0.4 is 0 Å². The molecule has 108 valence electrons. The smallest absolute Gasteiger partial charge is 0.00313 e. The van der Waals surface area contributed by atoms with Gasteiger partial charge in [0.05, 0.1) is 0 Å². The summed E-state index contributed by atoms with van der Waals surface area (Å²) in [7, 11) is 0. The van der Waals surface area contributed by atoms with E-state index >= 15 is 0 Å². The fourth-order valence-electron chi connectivity index (χ4n) is 2.49. The van der Waals surface area contributed by atoms with Crippen LogP contribution in [0.5, 0.6) is 0 Å². The number of unbranched alkanes of at least 4 members (excludes halogenated alkanes) is 6. The Balaban J connectivity index is 2.04. The molecule has 1 aromatic rings. The molecule has 0 aliphatic rings. The van der Waals surface area contributed by atoms with Gasteiger partial charge >= 0.3 is 0 Å². The van der Waals surface area contributed by atoms with Crippen LogP contribution >= 0.6 is 15.9 Å². The third-order valence-electron chi connectivity index (χ3n) is 3.92. The molecule has 0 bridgehead atoms. The Labute approximate surface area is 128 Å². The molecular weight excluding hydrogens is 296 g/mol. The van der Waals surface area contributed by atoms with Gasteiger partial charge in [0.2, 0.25) is 0 Å². The molecule has 1 rings (SSSR count). The van der Waals surface area contributed by atoms with Gasteiger partial charge in [0, 0.05) is 5.33 Å². The van der Waals surface area contributed by atoms with Gasteiger partial charge in [-0.25, -0.2) is 0 Å². The summed E-state index contributed by atoms with van der Waals surface area (Å²) in [5, 5.41) is 1.17. The number of hydrogen-bond donors (Lipinski definition) is 0. The van der Waals surface area contributed by atoms with Crippen LogP contribution in [0.4, 0.5) is 0 Å². The molecule has 0 amide bonds. The molecule has 0 aromatic heterocycles. The van der Waals surface area contributed by atoms with E-state index in [2.05, 4.69) is 54.0 Å². The van der Waals surface area contributed by atoms with Crippen molar-refractivity contribution in [1.82, 2.24) is 0 Å². The van der Waals surface area contributed by atoms with Crippen molar-refractivity contribution in [3.63, 3.8) is 0 Å². The van der Waals surface area contributed by atoms with E-state index in [4.69, 9.17) is 0 Å². The predicted octanol–water partition coefficient (Wildman–Crippen LogP) is 6.61. The van der Waals surface area contributed by atoms with Crippen LogP contribution in [0, 0.1) is 6.92 Å². The number of aryl methyl sites for hydroxylation is 1. The van der Waals surface area contributed by atoms with Crippen LogP contribution in [0.25, 0.3) is 0 Å². The molecule has 1 atom stereocenters. The zero-order valence-corrected chi connectivity index (χ0v) is 14.2. The normalized spacial score (nSPS) is 12.6. The van der Waals surface area contributed by atoms with Gasteiger partial charge in [0.1, 0.15) is 0 Å². The lowest BCUT2D eigenvalue weighted by Crippen LogP contribution is -1.94. The van der Waals surface area contributed by atoms with Crippen LogP contribution in [0.1, 0.15) is 75.3 Å². The fourth-order valence-corrected chi connectivity index (χ4v) is 2.89. The van der Waals surface area contributed by atoms with Gasteiger partial charge in [0.25, 0.3) is 0 Å². The number of halogens is 1. The van der Waals surface area contributed by atoms with Gasteiger partial charge in [-0.3, -0.25) is 0 Å². The summed E-state index contributed by atoms with van der Waals surface area (Å²) in [6, 6.07) is 9.05. The summed E-state index contributed by atoms with van der Waals surface area (Å²) in [4.78, 5) is 0. The van der Waals surface area contributed by atoms with Crippen LogP contribution in [0.2, 0.25) is 0 Å². The van der Waals surface area contributed by atoms with Crippen molar-refractivity contribution in [3.8, 4) is 0 Å². The first kappa shape index (κ1) is 16.8. The molecule has 0 nitrogen and oxygen atoms in total. The van der Waals surface area contributed by atoms with Crippen LogP contribution in [0.3, 0.4) is 0 Å². The minimum absolute atomic E-state index is 0.717. The molecule has 0 fully saturated rings. The van der Waals surface area contributed by atoms with E-state index in [0.717, 1.165) is 0 Å². The molecule has 0 radical (unpaired) electrons. The Kier molecular flexibility index (Phi) is 9.24. The van der Waals surface area contributed by atoms with E-state index in [-0.39, 0.29) is 0 Å². The lowest BCUT2D eigenvalue weighted by molar-refractivity contribution is 0.550. The highest BCUT2D eigenvalue weighted by atomic mass is 79.9. The van der Waals surface area contributed by atoms with Crippen molar-refractivity contribution in [1.29, 1.82) is 0 Å². The molecule has 0 aliphatic carbocycles. The van der Waals surface area contributed by atoms with E-state index in [0.29, 0.717) is 5.92 Å². The molecule has 0 heterocycles. The second-order valence-electron chi connectivity index (χ2n) is 5.76. The summed E-state index contributed by atoms with van der Waals surface area (Å²) in [6.07, 6.45) is 11.1. The van der Waals surface area contributed by atoms with Crippen molar-refractivity contribution in [3.05, 3.63) is 35.4 Å².